The molecule has 0 bridgehead atoms. The number of amides is 2. The van der Waals surface area contributed by atoms with Crippen LogP contribution in [0, 0.1) is 0 Å². The SMILES string of the molecule is COc1ccccc1C(=O)Nc1c(C(=O)Nc2ccccc2)oc2ccccc12. The van der Waals surface area contributed by atoms with E-state index in [0.29, 0.717) is 33.7 Å². The van der Waals surface area contributed by atoms with Crippen molar-refractivity contribution in [1.82, 2.24) is 0 Å². The van der Waals surface area contributed by atoms with Gasteiger partial charge in [-0.05, 0) is 36.4 Å². The van der Waals surface area contributed by atoms with Gasteiger partial charge < -0.3 is 19.8 Å². The van der Waals surface area contributed by atoms with Gasteiger partial charge in [-0.25, -0.2) is 0 Å². The van der Waals surface area contributed by atoms with E-state index in [0.717, 1.165) is 0 Å². The highest BCUT2D eigenvalue weighted by Crippen LogP contribution is 2.32. The standard InChI is InChI=1S/C23H18N2O4/c1-28-18-13-7-6-12-17(18)22(26)25-20-16-11-5-8-14-19(16)29-21(20)23(27)24-15-9-3-2-4-10-15/h2-14H,1H3,(H,24,27)(H,25,26). The lowest BCUT2D eigenvalue weighted by Gasteiger charge is -2.10. The van der Waals surface area contributed by atoms with Crippen LogP contribution in [0.5, 0.6) is 5.75 Å². The Kier molecular flexibility index (Phi) is 4.99. The number of furan rings is 1. The zero-order valence-electron chi connectivity index (χ0n) is 15.6. The lowest BCUT2D eigenvalue weighted by molar-refractivity contribution is 0.0999. The van der Waals surface area contributed by atoms with E-state index in [1.165, 1.54) is 7.11 Å². The van der Waals surface area contributed by atoms with Gasteiger partial charge in [0.15, 0.2) is 0 Å². The Bertz CT molecular complexity index is 1180. The van der Waals surface area contributed by atoms with E-state index in [1.807, 2.05) is 24.3 Å². The molecule has 0 aliphatic rings. The third-order valence-corrected chi connectivity index (χ3v) is 4.42. The van der Waals surface area contributed by atoms with Crippen LogP contribution in [0.25, 0.3) is 11.0 Å². The highest BCUT2D eigenvalue weighted by molar-refractivity contribution is 6.17. The van der Waals surface area contributed by atoms with Gasteiger partial charge in [0.1, 0.15) is 17.0 Å². The van der Waals surface area contributed by atoms with Gasteiger partial charge in [-0.2, -0.15) is 0 Å². The number of hydrogen-bond donors (Lipinski definition) is 2. The molecule has 0 fully saturated rings. The van der Waals surface area contributed by atoms with E-state index in [2.05, 4.69) is 10.6 Å². The fourth-order valence-electron chi connectivity index (χ4n) is 3.05. The number of carbonyl (C=O) groups excluding carboxylic acids is 2. The number of rotatable bonds is 5. The maximum atomic E-state index is 12.9. The summed E-state index contributed by atoms with van der Waals surface area (Å²) in [5.74, 6) is -0.392. The van der Waals surface area contributed by atoms with Gasteiger partial charge in [0.2, 0.25) is 5.76 Å². The van der Waals surface area contributed by atoms with Gasteiger partial charge in [-0.3, -0.25) is 9.59 Å². The molecule has 4 rings (SSSR count). The molecule has 29 heavy (non-hydrogen) atoms. The van der Waals surface area contributed by atoms with Crippen molar-refractivity contribution in [2.24, 2.45) is 0 Å². The first-order chi connectivity index (χ1) is 14.2. The van der Waals surface area contributed by atoms with E-state index < -0.39 is 11.8 Å². The van der Waals surface area contributed by atoms with Crippen LogP contribution in [-0.2, 0) is 0 Å². The van der Waals surface area contributed by atoms with Crippen molar-refractivity contribution in [3.8, 4) is 5.75 Å². The van der Waals surface area contributed by atoms with Crippen molar-refractivity contribution in [1.29, 1.82) is 0 Å². The summed E-state index contributed by atoms with van der Waals surface area (Å²) in [6, 6.07) is 23.1. The van der Waals surface area contributed by atoms with Gasteiger partial charge in [-0.1, -0.05) is 42.5 Å². The van der Waals surface area contributed by atoms with Gasteiger partial charge in [0.05, 0.1) is 12.7 Å². The number of para-hydroxylation sites is 3. The molecule has 6 nitrogen and oxygen atoms in total. The highest BCUT2D eigenvalue weighted by Gasteiger charge is 2.23. The molecule has 1 aromatic heterocycles. The first-order valence-corrected chi connectivity index (χ1v) is 8.99. The van der Waals surface area contributed by atoms with Crippen molar-refractivity contribution < 1.29 is 18.7 Å². The molecule has 0 aliphatic heterocycles. The van der Waals surface area contributed by atoms with Crippen molar-refractivity contribution in [3.05, 3.63) is 90.2 Å². The quantitative estimate of drug-likeness (QED) is 0.509. The molecule has 0 radical (unpaired) electrons. The van der Waals surface area contributed by atoms with Gasteiger partial charge in [-0.15, -0.1) is 0 Å². The fraction of sp³-hybridized carbons (Fsp3) is 0.0435. The number of ether oxygens (including phenoxy) is 1. The summed E-state index contributed by atoms with van der Waals surface area (Å²) in [6.45, 7) is 0. The van der Waals surface area contributed by atoms with Crippen LogP contribution >= 0.6 is 0 Å². The lowest BCUT2D eigenvalue weighted by atomic mass is 10.1. The van der Waals surface area contributed by atoms with Crippen molar-refractivity contribution in [3.63, 3.8) is 0 Å². The van der Waals surface area contributed by atoms with E-state index in [9.17, 15) is 9.59 Å². The Hall–Kier alpha value is -4.06. The lowest BCUT2D eigenvalue weighted by Crippen LogP contribution is -2.17. The third-order valence-electron chi connectivity index (χ3n) is 4.42. The van der Waals surface area contributed by atoms with E-state index in [4.69, 9.17) is 9.15 Å². The molecule has 1 heterocycles. The minimum atomic E-state index is -0.456. The Balaban J connectivity index is 1.72. The van der Waals surface area contributed by atoms with Crippen LogP contribution in [0.3, 0.4) is 0 Å². The van der Waals surface area contributed by atoms with E-state index in [-0.39, 0.29) is 5.76 Å². The molecule has 0 unspecified atom stereocenters. The molecule has 0 saturated carbocycles. The van der Waals surface area contributed by atoms with Crippen LogP contribution in [0.15, 0.2) is 83.3 Å². The molecule has 144 valence electrons. The molecule has 0 spiro atoms. The fourth-order valence-corrected chi connectivity index (χ4v) is 3.05. The van der Waals surface area contributed by atoms with Crippen LogP contribution in [0.4, 0.5) is 11.4 Å². The van der Waals surface area contributed by atoms with E-state index >= 15 is 0 Å². The van der Waals surface area contributed by atoms with E-state index in [1.54, 1.807) is 54.6 Å². The molecule has 0 atom stereocenters. The molecule has 0 saturated heterocycles. The van der Waals surface area contributed by atoms with Gasteiger partial charge >= 0.3 is 0 Å². The molecule has 6 heteroatoms. The van der Waals surface area contributed by atoms with Crippen molar-refractivity contribution in [2.45, 2.75) is 0 Å². The van der Waals surface area contributed by atoms with Gasteiger partial charge in [0.25, 0.3) is 11.8 Å². The van der Waals surface area contributed by atoms with Crippen molar-refractivity contribution in [2.75, 3.05) is 17.7 Å². The smallest absolute Gasteiger partial charge is 0.293 e. The average Bonchev–Trinajstić information content (AvgIpc) is 3.13. The molecule has 2 amide bonds. The summed E-state index contributed by atoms with van der Waals surface area (Å²) in [6.07, 6.45) is 0. The molecular weight excluding hydrogens is 368 g/mol. The minimum absolute atomic E-state index is 0.0262. The van der Waals surface area contributed by atoms with Crippen LogP contribution in [0.1, 0.15) is 20.9 Å². The zero-order chi connectivity index (χ0) is 20.2. The van der Waals surface area contributed by atoms with Crippen LogP contribution in [-0.4, -0.2) is 18.9 Å². The maximum absolute atomic E-state index is 12.9. The average molecular weight is 386 g/mol. The largest absolute Gasteiger partial charge is 0.496 e. The predicted molar refractivity (Wildman–Crippen MR) is 112 cm³/mol. The zero-order valence-corrected chi connectivity index (χ0v) is 15.6. The normalized spacial score (nSPS) is 10.5. The van der Waals surface area contributed by atoms with Crippen LogP contribution in [0.2, 0.25) is 0 Å². The first-order valence-electron chi connectivity index (χ1n) is 8.99. The number of hydrogen-bond acceptors (Lipinski definition) is 4. The van der Waals surface area contributed by atoms with Crippen molar-refractivity contribution >= 4 is 34.2 Å². The van der Waals surface area contributed by atoms with Gasteiger partial charge in [0, 0.05) is 11.1 Å². The maximum Gasteiger partial charge on any atom is 0.293 e. The third kappa shape index (κ3) is 3.68. The Morgan fingerprint density at radius 2 is 1.48 bits per heavy atom. The first kappa shape index (κ1) is 18.3. The highest BCUT2D eigenvalue weighted by atomic mass is 16.5. The monoisotopic (exact) mass is 386 g/mol. The Morgan fingerprint density at radius 1 is 0.793 bits per heavy atom. The molecule has 0 aliphatic carbocycles. The molecule has 2 N–H and O–H groups in total. The number of anilines is 2. The number of nitrogens with one attached hydrogen (secondary N) is 2. The number of fused-ring (bicyclic) bond motifs is 1. The summed E-state index contributed by atoms with van der Waals surface area (Å²) in [5.41, 5.74) is 1.79. The number of methoxy groups -OCH3 is 1. The summed E-state index contributed by atoms with van der Waals surface area (Å²) in [4.78, 5) is 25.8. The topological polar surface area (TPSA) is 80.6 Å². The molecular formula is C23H18N2O4. The number of carbonyl (C=O) groups is 2. The summed E-state index contributed by atoms with van der Waals surface area (Å²) in [5, 5.41) is 6.24. The summed E-state index contributed by atoms with van der Waals surface area (Å²) in [7, 11) is 1.50. The molecule has 4 aromatic rings. The predicted octanol–water partition coefficient (Wildman–Crippen LogP) is 4.95. The summed E-state index contributed by atoms with van der Waals surface area (Å²) >= 11 is 0. The second-order valence-corrected chi connectivity index (χ2v) is 6.28. The molecule has 3 aromatic carbocycles. The Labute approximate surface area is 167 Å². The Morgan fingerprint density at radius 3 is 2.28 bits per heavy atom. The minimum Gasteiger partial charge on any atom is -0.496 e. The van der Waals surface area contributed by atoms with Crippen LogP contribution < -0.4 is 15.4 Å². The number of benzene rings is 3. The second kappa shape index (κ2) is 7.90. The second-order valence-electron chi connectivity index (χ2n) is 6.28. The summed E-state index contributed by atoms with van der Waals surface area (Å²) < 4.78 is 11.0.